The van der Waals surface area contributed by atoms with Crippen molar-refractivity contribution in [3.05, 3.63) is 0 Å². The van der Waals surface area contributed by atoms with Gasteiger partial charge < -0.3 is 5.32 Å². The number of thioether (sulfide) groups is 1. The van der Waals surface area contributed by atoms with Crippen molar-refractivity contribution in [1.29, 1.82) is 0 Å². The molecule has 1 N–H and O–H groups in total. The lowest BCUT2D eigenvalue weighted by molar-refractivity contribution is 0.0671. The van der Waals surface area contributed by atoms with Crippen LogP contribution in [0.4, 0.5) is 0 Å². The Bertz CT molecular complexity index is 270. The zero-order valence-corrected chi connectivity index (χ0v) is 12.6. The van der Waals surface area contributed by atoms with Crippen LogP contribution in [0, 0.1) is 5.92 Å². The van der Waals surface area contributed by atoms with Crippen LogP contribution in [0.3, 0.4) is 0 Å². The van der Waals surface area contributed by atoms with E-state index in [2.05, 4.69) is 28.9 Å². The molecule has 0 bridgehead atoms. The summed E-state index contributed by atoms with van der Waals surface area (Å²) in [5.74, 6) is 3.78. The molecular weight excluding hydrogens is 240 g/mol. The van der Waals surface area contributed by atoms with Gasteiger partial charge in [-0.3, -0.25) is 4.90 Å². The molecule has 0 amide bonds. The fourth-order valence-corrected chi connectivity index (χ4v) is 5.37. The first-order chi connectivity index (χ1) is 8.81. The van der Waals surface area contributed by atoms with Crippen LogP contribution in [-0.4, -0.2) is 47.6 Å². The molecule has 18 heavy (non-hydrogen) atoms. The lowest BCUT2D eigenvalue weighted by Crippen LogP contribution is -2.63. The molecule has 2 saturated heterocycles. The van der Waals surface area contributed by atoms with Gasteiger partial charge in [0.05, 0.1) is 0 Å². The molecule has 3 fully saturated rings. The van der Waals surface area contributed by atoms with E-state index in [-0.39, 0.29) is 0 Å². The van der Waals surface area contributed by atoms with Gasteiger partial charge in [-0.1, -0.05) is 19.8 Å². The number of hydrogen-bond donors (Lipinski definition) is 1. The third-order valence-corrected chi connectivity index (χ3v) is 6.51. The van der Waals surface area contributed by atoms with Gasteiger partial charge in [-0.05, 0) is 43.1 Å². The van der Waals surface area contributed by atoms with E-state index in [1.54, 1.807) is 0 Å². The second-order valence-corrected chi connectivity index (χ2v) is 7.74. The highest BCUT2D eigenvalue weighted by molar-refractivity contribution is 7.99. The minimum Gasteiger partial charge on any atom is -0.308 e. The molecule has 1 aliphatic carbocycles. The molecule has 104 valence electrons. The first-order valence-corrected chi connectivity index (χ1v) is 9.04. The van der Waals surface area contributed by atoms with Crippen molar-refractivity contribution in [3.63, 3.8) is 0 Å². The molecule has 0 aromatic rings. The molecule has 2 unspecified atom stereocenters. The lowest BCUT2D eigenvalue weighted by Gasteiger charge is -2.47. The number of rotatable bonds is 3. The first-order valence-electron chi connectivity index (χ1n) is 7.88. The summed E-state index contributed by atoms with van der Waals surface area (Å²) in [5.41, 5.74) is 0.497. The van der Waals surface area contributed by atoms with Gasteiger partial charge in [-0.15, -0.1) is 0 Å². The molecule has 3 aliphatic rings. The van der Waals surface area contributed by atoms with Crippen LogP contribution in [0.2, 0.25) is 0 Å². The maximum Gasteiger partial charge on any atom is 0.0309 e. The SMILES string of the molecule is CCC1CNC2(CCCC2)CN1CC1CCSC1. The largest absolute Gasteiger partial charge is 0.308 e. The standard InChI is InChI=1S/C15H28N2S/c1-2-14-9-16-15(6-3-4-7-15)12-17(14)10-13-5-8-18-11-13/h13-14,16H,2-12H2,1H3. The summed E-state index contributed by atoms with van der Waals surface area (Å²) in [4.78, 5) is 2.85. The second kappa shape index (κ2) is 5.72. The number of nitrogens with one attached hydrogen (secondary N) is 1. The summed E-state index contributed by atoms with van der Waals surface area (Å²) < 4.78 is 0. The summed E-state index contributed by atoms with van der Waals surface area (Å²) in [6.45, 7) is 6.29. The van der Waals surface area contributed by atoms with Crippen molar-refractivity contribution in [3.8, 4) is 0 Å². The number of nitrogens with zero attached hydrogens (tertiary/aromatic N) is 1. The molecule has 0 aromatic carbocycles. The molecule has 3 heteroatoms. The maximum absolute atomic E-state index is 3.90. The van der Waals surface area contributed by atoms with E-state index in [9.17, 15) is 0 Å². The minimum absolute atomic E-state index is 0.497. The normalized spacial score (nSPS) is 36.5. The van der Waals surface area contributed by atoms with Crippen molar-refractivity contribution in [2.75, 3.05) is 31.1 Å². The molecule has 1 spiro atoms. The third kappa shape index (κ3) is 2.73. The van der Waals surface area contributed by atoms with Gasteiger partial charge in [0.2, 0.25) is 0 Å². The van der Waals surface area contributed by atoms with Crippen LogP contribution in [0.25, 0.3) is 0 Å². The summed E-state index contributed by atoms with van der Waals surface area (Å²) in [7, 11) is 0. The van der Waals surface area contributed by atoms with E-state index in [0.29, 0.717) is 5.54 Å². The summed E-state index contributed by atoms with van der Waals surface area (Å²) in [5, 5.41) is 3.90. The van der Waals surface area contributed by atoms with Crippen LogP contribution >= 0.6 is 11.8 Å². The van der Waals surface area contributed by atoms with E-state index in [1.165, 1.54) is 69.7 Å². The van der Waals surface area contributed by atoms with Gasteiger partial charge in [-0.2, -0.15) is 11.8 Å². The Morgan fingerprint density at radius 1 is 1.33 bits per heavy atom. The summed E-state index contributed by atoms with van der Waals surface area (Å²) >= 11 is 2.16. The van der Waals surface area contributed by atoms with Crippen molar-refractivity contribution in [2.45, 2.75) is 57.0 Å². The van der Waals surface area contributed by atoms with Gasteiger partial charge >= 0.3 is 0 Å². The Labute approximate surface area is 116 Å². The van der Waals surface area contributed by atoms with Gasteiger partial charge in [0.25, 0.3) is 0 Å². The Balaban J connectivity index is 1.63. The highest BCUT2D eigenvalue weighted by atomic mass is 32.2. The summed E-state index contributed by atoms with van der Waals surface area (Å²) in [6, 6.07) is 0.793. The Morgan fingerprint density at radius 3 is 2.83 bits per heavy atom. The number of piperazine rings is 1. The molecule has 2 nitrogen and oxygen atoms in total. The average Bonchev–Trinajstić information content (AvgIpc) is 3.02. The van der Waals surface area contributed by atoms with Crippen LogP contribution in [0.15, 0.2) is 0 Å². The van der Waals surface area contributed by atoms with Crippen LogP contribution < -0.4 is 5.32 Å². The minimum atomic E-state index is 0.497. The van der Waals surface area contributed by atoms with E-state index in [4.69, 9.17) is 0 Å². The fourth-order valence-electron chi connectivity index (χ4n) is 4.10. The molecule has 2 aliphatic heterocycles. The average molecular weight is 268 g/mol. The predicted molar refractivity (Wildman–Crippen MR) is 80.3 cm³/mol. The molecule has 0 aromatic heterocycles. The first kappa shape index (κ1) is 13.3. The highest BCUT2D eigenvalue weighted by Crippen LogP contribution is 2.35. The Hall–Kier alpha value is 0.270. The molecule has 3 rings (SSSR count). The second-order valence-electron chi connectivity index (χ2n) is 6.59. The Kier molecular flexibility index (Phi) is 4.21. The predicted octanol–water partition coefficient (Wildman–Crippen LogP) is 2.74. The number of hydrogen-bond acceptors (Lipinski definition) is 3. The molecule has 0 radical (unpaired) electrons. The molecule has 1 saturated carbocycles. The topological polar surface area (TPSA) is 15.3 Å². The van der Waals surface area contributed by atoms with Crippen molar-refractivity contribution in [2.24, 2.45) is 5.92 Å². The van der Waals surface area contributed by atoms with Gasteiger partial charge in [0, 0.05) is 31.2 Å². The quantitative estimate of drug-likeness (QED) is 0.847. The summed E-state index contributed by atoms with van der Waals surface area (Å²) in [6.07, 6.45) is 8.48. The lowest BCUT2D eigenvalue weighted by atomic mass is 9.90. The monoisotopic (exact) mass is 268 g/mol. The van der Waals surface area contributed by atoms with Crippen molar-refractivity contribution < 1.29 is 0 Å². The van der Waals surface area contributed by atoms with E-state index in [0.717, 1.165) is 12.0 Å². The van der Waals surface area contributed by atoms with E-state index in [1.807, 2.05) is 0 Å². The van der Waals surface area contributed by atoms with Gasteiger partial charge in [0.1, 0.15) is 0 Å². The molecule has 2 heterocycles. The van der Waals surface area contributed by atoms with Crippen LogP contribution in [0.5, 0.6) is 0 Å². The highest BCUT2D eigenvalue weighted by Gasteiger charge is 2.41. The zero-order valence-electron chi connectivity index (χ0n) is 11.8. The third-order valence-electron chi connectivity index (χ3n) is 5.28. The zero-order chi connectivity index (χ0) is 12.4. The molecular formula is C15H28N2S. The van der Waals surface area contributed by atoms with Gasteiger partial charge in [0.15, 0.2) is 0 Å². The van der Waals surface area contributed by atoms with Crippen molar-refractivity contribution >= 4 is 11.8 Å². The smallest absolute Gasteiger partial charge is 0.0309 e. The van der Waals surface area contributed by atoms with Crippen LogP contribution in [-0.2, 0) is 0 Å². The van der Waals surface area contributed by atoms with E-state index < -0.39 is 0 Å². The van der Waals surface area contributed by atoms with Gasteiger partial charge in [-0.25, -0.2) is 0 Å². The molecule has 2 atom stereocenters. The van der Waals surface area contributed by atoms with Crippen LogP contribution in [0.1, 0.15) is 45.4 Å². The fraction of sp³-hybridized carbons (Fsp3) is 1.00. The van der Waals surface area contributed by atoms with Crippen molar-refractivity contribution in [1.82, 2.24) is 10.2 Å². The van der Waals surface area contributed by atoms with E-state index >= 15 is 0 Å². The Morgan fingerprint density at radius 2 is 2.17 bits per heavy atom. The maximum atomic E-state index is 3.90.